The Morgan fingerprint density at radius 1 is 1.31 bits per heavy atom. The van der Waals surface area contributed by atoms with Gasteiger partial charge in [-0.05, 0) is 24.6 Å². The van der Waals surface area contributed by atoms with Crippen molar-refractivity contribution in [2.24, 2.45) is 7.05 Å². The summed E-state index contributed by atoms with van der Waals surface area (Å²) in [4.78, 5) is 8.51. The number of hydrogen-bond donors (Lipinski definition) is 1. The second kappa shape index (κ2) is 4.79. The van der Waals surface area contributed by atoms with Gasteiger partial charge in [0.1, 0.15) is 11.6 Å². The molecule has 16 heavy (non-hydrogen) atoms. The van der Waals surface area contributed by atoms with Crippen LogP contribution in [0.25, 0.3) is 0 Å². The zero-order chi connectivity index (χ0) is 11.4. The molecule has 0 aliphatic carbocycles. The highest BCUT2D eigenvalue weighted by Crippen LogP contribution is 2.05. The topological polar surface area (TPSA) is 42.7 Å². The molecule has 0 aromatic carbocycles. The van der Waals surface area contributed by atoms with Gasteiger partial charge in [-0.3, -0.25) is 0 Å². The van der Waals surface area contributed by atoms with Crippen LogP contribution in [0, 0.1) is 6.92 Å². The van der Waals surface area contributed by atoms with Crippen LogP contribution in [0.15, 0.2) is 30.7 Å². The number of pyridine rings is 1. The summed E-state index contributed by atoms with van der Waals surface area (Å²) in [6, 6.07) is 4.03. The van der Waals surface area contributed by atoms with Gasteiger partial charge in [-0.15, -0.1) is 0 Å². The second-order valence-corrected chi connectivity index (χ2v) is 3.85. The van der Waals surface area contributed by atoms with E-state index in [1.165, 1.54) is 5.56 Å². The number of aryl methyl sites for hydroxylation is 2. The van der Waals surface area contributed by atoms with E-state index in [4.69, 9.17) is 0 Å². The minimum absolute atomic E-state index is 0.849. The van der Waals surface area contributed by atoms with Crippen molar-refractivity contribution in [1.82, 2.24) is 14.5 Å². The number of aromatic nitrogens is 3. The van der Waals surface area contributed by atoms with Crippen molar-refractivity contribution in [3.05, 3.63) is 42.1 Å². The van der Waals surface area contributed by atoms with Crippen LogP contribution >= 0.6 is 0 Å². The number of nitrogens with one attached hydrogen (secondary N) is 1. The molecule has 4 nitrogen and oxygen atoms in total. The first-order valence-electron chi connectivity index (χ1n) is 5.38. The molecule has 0 saturated heterocycles. The molecule has 0 aliphatic heterocycles. The molecule has 0 bridgehead atoms. The van der Waals surface area contributed by atoms with Gasteiger partial charge in [0.2, 0.25) is 0 Å². The Balaban J connectivity index is 1.87. The van der Waals surface area contributed by atoms with Gasteiger partial charge in [0.05, 0.1) is 0 Å². The number of hydrogen-bond acceptors (Lipinski definition) is 3. The minimum atomic E-state index is 0.849. The SMILES string of the molecule is Cc1ccnc(NCCc2nccn2C)c1. The first-order valence-corrected chi connectivity index (χ1v) is 5.38. The zero-order valence-electron chi connectivity index (χ0n) is 9.64. The lowest BCUT2D eigenvalue weighted by atomic mass is 10.3. The molecule has 0 unspecified atom stereocenters. The van der Waals surface area contributed by atoms with Crippen LogP contribution in [0.5, 0.6) is 0 Å². The smallest absolute Gasteiger partial charge is 0.126 e. The standard InChI is InChI=1S/C12H16N4/c1-10-3-5-13-11(9-10)14-6-4-12-15-7-8-16(12)2/h3,5,7-9H,4,6H2,1-2H3,(H,13,14). The molecule has 4 heteroatoms. The summed E-state index contributed by atoms with van der Waals surface area (Å²) in [7, 11) is 2.01. The Hall–Kier alpha value is -1.84. The predicted molar refractivity (Wildman–Crippen MR) is 64.4 cm³/mol. The van der Waals surface area contributed by atoms with Crippen LogP contribution in [-0.2, 0) is 13.5 Å². The Morgan fingerprint density at radius 3 is 2.88 bits per heavy atom. The molecule has 0 radical (unpaired) electrons. The normalized spacial score (nSPS) is 10.4. The Kier molecular flexibility index (Phi) is 3.19. The van der Waals surface area contributed by atoms with Gasteiger partial charge in [-0.1, -0.05) is 0 Å². The summed E-state index contributed by atoms with van der Waals surface area (Å²) in [5.74, 6) is 2.01. The van der Waals surface area contributed by atoms with Crippen molar-refractivity contribution >= 4 is 5.82 Å². The summed E-state index contributed by atoms with van der Waals surface area (Å²) in [5.41, 5.74) is 1.22. The van der Waals surface area contributed by atoms with Gasteiger partial charge in [0, 0.05) is 38.6 Å². The van der Waals surface area contributed by atoms with Crippen LogP contribution in [0.3, 0.4) is 0 Å². The Morgan fingerprint density at radius 2 is 2.19 bits per heavy atom. The summed E-state index contributed by atoms with van der Waals surface area (Å²) in [5, 5.41) is 3.29. The van der Waals surface area contributed by atoms with E-state index in [1.54, 1.807) is 0 Å². The summed E-state index contributed by atoms with van der Waals surface area (Å²) in [6.07, 6.45) is 6.50. The van der Waals surface area contributed by atoms with Crippen LogP contribution < -0.4 is 5.32 Å². The number of rotatable bonds is 4. The molecule has 2 aromatic heterocycles. The third kappa shape index (κ3) is 2.59. The molecule has 2 rings (SSSR count). The van der Waals surface area contributed by atoms with Gasteiger partial charge in [-0.2, -0.15) is 0 Å². The number of imidazole rings is 1. The van der Waals surface area contributed by atoms with Crippen molar-refractivity contribution < 1.29 is 0 Å². The molecule has 0 aliphatic rings. The van der Waals surface area contributed by atoms with Gasteiger partial charge < -0.3 is 9.88 Å². The Labute approximate surface area is 95.4 Å². The van der Waals surface area contributed by atoms with E-state index in [1.807, 2.05) is 42.3 Å². The molecule has 0 amide bonds. The fourth-order valence-corrected chi connectivity index (χ4v) is 1.57. The molecule has 0 atom stereocenters. The third-order valence-electron chi connectivity index (χ3n) is 2.49. The van der Waals surface area contributed by atoms with Gasteiger partial charge in [0.15, 0.2) is 0 Å². The van der Waals surface area contributed by atoms with Gasteiger partial charge >= 0.3 is 0 Å². The van der Waals surface area contributed by atoms with Crippen LogP contribution in [0.2, 0.25) is 0 Å². The van der Waals surface area contributed by atoms with E-state index in [0.29, 0.717) is 0 Å². The van der Waals surface area contributed by atoms with Crippen molar-refractivity contribution in [1.29, 1.82) is 0 Å². The molecule has 2 heterocycles. The number of anilines is 1. The van der Waals surface area contributed by atoms with E-state index in [9.17, 15) is 0 Å². The van der Waals surface area contributed by atoms with Gasteiger partial charge in [-0.25, -0.2) is 9.97 Å². The summed E-state index contributed by atoms with van der Waals surface area (Å²) >= 11 is 0. The number of nitrogens with zero attached hydrogens (tertiary/aromatic N) is 3. The van der Waals surface area contributed by atoms with E-state index in [-0.39, 0.29) is 0 Å². The molecular formula is C12H16N4. The summed E-state index contributed by atoms with van der Waals surface area (Å²) < 4.78 is 2.03. The Bertz CT molecular complexity index is 462. The fourth-order valence-electron chi connectivity index (χ4n) is 1.57. The largest absolute Gasteiger partial charge is 0.370 e. The van der Waals surface area contributed by atoms with E-state index in [0.717, 1.165) is 24.6 Å². The van der Waals surface area contributed by atoms with Crippen molar-refractivity contribution in [3.63, 3.8) is 0 Å². The first-order chi connectivity index (χ1) is 7.75. The van der Waals surface area contributed by atoms with Crippen molar-refractivity contribution in [2.45, 2.75) is 13.3 Å². The highest BCUT2D eigenvalue weighted by Gasteiger charge is 1.99. The maximum atomic E-state index is 4.27. The molecule has 0 fully saturated rings. The fraction of sp³-hybridized carbons (Fsp3) is 0.333. The van der Waals surface area contributed by atoms with Crippen LogP contribution in [-0.4, -0.2) is 21.1 Å². The van der Waals surface area contributed by atoms with Crippen LogP contribution in [0.4, 0.5) is 5.82 Å². The molecule has 0 spiro atoms. The molecule has 0 saturated carbocycles. The van der Waals surface area contributed by atoms with Gasteiger partial charge in [0.25, 0.3) is 0 Å². The average molecular weight is 216 g/mol. The lowest BCUT2D eigenvalue weighted by Gasteiger charge is -2.05. The van der Waals surface area contributed by atoms with Crippen molar-refractivity contribution in [2.75, 3.05) is 11.9 Å². The van der Waals surface area contributed by atoms with Crippen LogP contribution in [0.1, 0.15) is 11.4 Å². The lowest BCUT2D eigenvalue weighted by Crippen LogP contribution is -2.09. The molecular weight excluding hydrogens is 200 g/mol. The molecule has 84 valence electrons. The second-order valence-electron chi connectivity index (χ2n) is 3.85. The third-order valence-corrected chi connectivity index (χ3v) is 2.49. The maximum Gasteiger partial charge on any atom is 0.126 e. The highest BCUT2D eigenvalue weighted by atomic mass is 15.0. The predicted octanol–water partition coefficient (Wildman–Crippen LogP) is 1.78. The molecule has 1 N–H and O–H groups in total. The minimum Gasteiger partial charge on any atom is -0.370 e. The lowest BCUT2D eigenvalue weighted by molar-refractivity contribution is 0.788. The van der Waals surface area contributed by atoms with E-state index < -0.39 is 0 Å². The van der Waals surface area contributed by atoms with Crippen molar-refractivity contribution in [3.8, 4) is 0 Å². The maximum absolute atomic E-state index is 4.27. The quantitative estimate of drug-likeness (QED) is 0.847. The highest BCUT2D eigenvalue weighted by molar-refractivity contribution is 5.36. The van der Waals surface area contributed by atoms with E-state index in [2.05, 4.69) is 22.2 Å². The zero-order valence-corrected chi connectivity index (χ0v) is 9.64. The summed E-state index contributed by atoms with van der Waals surface area (Å²) in [6.45, 7) is 2.91. The first kappa shape index (κ1) is 10.7. The monoisotopic (exact) mass is 216 g/mol. The average Bonchev–Trinajstić information content (AvgIpc) is 2.65. The molecule has 2 aromatic rings. The van der Waals surface area contributed by atoms with E-state index >= 15 is 0 Å².